The van der Waals surface area contributed by atoms with Crippen LogP contribution < -0.4 is 9.80 Å². The Morgan fingerprint density at radius 3 is 2.04 bits per heavy atom. The van der Waals surface area contributed by atoms with Gasteiger partial charge in [-0.1, -0.05) is 12.1 Å². The first kappa shape index (κ1) is 18.4. The van der Waals surface area contributed by atoms with Crippen molar-refractivity contribution >= 4 is 40.1 Å². The number of rotatable bonds is 3. The zero-order valence-corrected chi connectivity index (χ0v) is 17.2. The summed E-state index contributed by atoms with van der Waals surface area (Å²) in [5.41, 5.74) is 0.779. The number of hydrogen-bond acceptors (Lipinski definition) is 6. The minimum Gasteiger partial charge on any atom is -0.378 e. The van der Waals surface area contributed by atoms with Gasteiger partial charge < -0.3 is 19.4 Å². The van der Waals surface area contributed by atoms with E-state index >= 15 is 0 Å². The number of amides is 1. The molecule has 27 heavy (non-hydrogen) atoms. The van der Waals surface area contributed by atoms with Gasteiger partial charge in [-0.2, -0.15) is 0 Å². The number of benzene rings is 1. The number of halogens is 1. The number of carbonyl (C=O) groups excluding carboxylic acids is 1. The van der Waals surface area contributed by atoms with Gasteiger partial charge in [-0.05, 0) is 46.9 Å². The molecule has 0 atom stereocenters. The van der Waals surface area contributed by atoms with Crippen molar-refractivity contribution < 1.29 is 9.53 Å². The predicted molar refractivity (Wildman–Crippen MR) is 112 cm³/mol. The van der Waals surface area contributed by atoms with Crippen molar-refractivity contribution in [3.63, 3.8) is 0 Å². The fourth-order valence-electron chi connectivity index (χ4n) is 3.39. The van der Waals surface area contributed by atoms with E-state index in [4.69, 9.17) is 4.74 Å². The van der Waals surface area contributed by atoms with E-state index in [1.54, 1.807) is 0 Å². The minimum atomic E-state index is 0.105. The topological polar surface area (TPSA) is 61.8 Å². The molecule has 2 aliphatic rings. The molecule has 2 aromatic rings. The largest absolute Gasteiger partial charge is 0.378 e. The lowest BCUT2D eigenvalue weighted by atomic mass is 10.2. The Labute approximate surface area is 172 Å². The highest BCUT2D eigenvalue weighted by atomic mass is 127. The molecule has 0 spiro atoms. The van der Waals surface area contributed by atoms with E-state index in [9.17, 15) is 4.79 Å². The van der Waals surface area contributed by atoms with Gasteiger partial charge in [-0.3, -0.25) is 4.79 Å². The Morgan fingerprint density at radius 1 is 0.852 bits per heavy atom. The van der Waals surface area contributed by atoms with Crippen molar-refractivity contribution in [2.24, 2.45) is 0 Å². The molecule has 0 N–H and O–H groups in total. The maximum Gasteiger partial charge on any atom is 0.255 e. The van der Waals surface area contributed by atoms with Crippen LogP contribution in [0, 0.1) is 3.57 Å². The first-order chi connectivity index (χ1) is 13.2. The summed E-state index contributed by atoms with van der Waals surface area (Å²) >= 11 is 2.22. The van der Waals surface area contributed by atoms with E-state index in [1.165, 1.54) is 0 Å². The van der Waals surface area contributed by atoms with Gasteiger partial charge in [0.25, 0.3) is 5.91 Å². The molecular weight excluding hydrogens is 457 g/mol. The molecule has 0 aliphatic carbocycles. The highest BCUT2D eigenvalue weighted by molar-refractivity contribution is 14.1. The molecule has 2 fully saturated rings. The summed E-state index contributed by atoms with van der Waals surface area (Å²) in [5, 5.41) is 8.80. The van der Waals surface area contributed by atoms with Crippen molar-refractivity contribution in [2.75, 3.05) is 62.3 Å². The number of ether oxygens (including phenoxy) is 1. The summed E-state index contributed by atoms with van der Waals surface area (Å²) in [6, 6.07) is 11.8. The van der Waals surface area contributed by atoms with E-state index in [0.717, 1.165) is 60.2 Å². The molecule has 0 unspecified atom stereocenters. The van der Waals surface area contributed by atoms with Crippen LogP contribution in [0.3, 0.4) is 0 Å². The molecule has 1 aromatic heterocycles. The fourth-order valence-corrected chi connectivity index (χ4v) is 4.01. The number of carbonyl (C=O) groups is 1. The van der Waals surface area contributed by atoms with Gasteiger partial charge >= 0.3 is 0 Å². The van der Waals surface area contributed by atoms with E-state index < -0.39 is 0 Å². The lowest BCUT2D eigenvalue weighted by molar-refractivity contribution is 0.0745. The Bertz CT molecular complexity index is 787. The molecule has 142 valence electrons. The van der Waals surface area contributed by atoms with E-state index in [1.807, 2.05) is 41.3 Å². The summed E-state index contributed by atoms with van der Waals surface area (Å²) in [6.45, 7) is 6.09. The SMILES string of the molecule is O=C(c1ccccc1I)N1CCN(c2ccc(N3CCOCC3)nn2)CC1. The summed E-state index contributed by atoms with van der Waals surface area (Å²) < 4.78 is 6.37. The molecule has 1 aromatic carbocycles. The Balaban J connectivity index is 1.36. The molecular formula is C19H22IN5O2. The van der Waals surface area contributed by atoms with Crippen molar-refractivity contribution in [1.82, 2.24) is 15.1 Å². The maximum atomic E-state index is 12.7. The molecule has 7 nitrogen and oxygen atoms in total. The Morgan fingerprint density at radius 2 is 1.44 bits per heavy atom. The van der Waals surface area contributed by atoms with Crippen LogP contribution in [0.25, 0.3) is 0 Å². The zero-order chi connectivity index (χ0) is 18.6. The van der Waals surface area contributed by atoms with Crippen molar-refractivity contribution in [3.05, 3.63) is 45.5 Å². The standard InChI is InChI=1S/C19H22IN5O2/c20-16-4-2-1-3-15(16)19(26)25-9-7-23(8-10-25)17-5-6-18(22-21-17)24-11-13-27-14-12-24/h1-6H,7-14H2. The van der Waals surface area contributed by atoms with Crippen LogP contribution in [0.5, 0.6) is 0 Å². The molecule has 2 saturated heterocycles. The second kappa shape index (κ2) is 8.39. The number of piperazine rings is 1. The van der Waals surface area contributed by atoms with Crippen LogP contribution in [0.2, 0.25) is 0 Å². The third-order valence-electron chi connectivity index (χ3n) is 4.97. The maximum absolute atomic E-state index is 12.7. The summed E-state index contributed by atoms with van der Waals surface area (Å²) in [6.07, 6.45) is 0. The van der Waals surface area contributed by atoms with Gasteiger partial charge in [0.2, 0.25) is 0 Å². The van der Waals surface area contributed by atoms with Crippen LogP contribution in [-0.4, -0.2) is 73.5 Å². The smallest absolute Gasteiger partial charge is 0.255 e. The molecule has 0 bridgehead atoms. The fraction of sp³-hybridized carbons (Fsp3) is 0.421. The van der Waals surface area contributed by atoms with E-state index in [2.05, 4.69) is 42.6 Å². The highest BCUT2D eigenvalue weighted by Gasteiger charge is 2.24. The Hall–Kier alpha value is -1.94. The molecule has 2 aliphatic heterocycles. The van der Waals surface area contributed by atoms with Gasteiger partial charge in [-0.25, -0.2) is 0 Å². The van der Waals surface area contributed by atoms with Gasteiger partial charge in [0.05, 0.1) is 18.8 Å². The first-order valence-electron chi connectivity index (χ1n) is 9.17. The third-order valence-corrected chi connectivity index (χ3v) is 5.91. The summed E-state index contributed by atoms with van der Waals surface area (Å²) in [7, 11) is 0. The lowest BCUT2D eigenvalue weighted by Crippen LogP contribution is -2.49. The molecule has 8 heteroatoms. The van der Waals surface area contributed by atoms with Crippen LogP contribution in [-0.2, 0) is 4.74 Å². The summed E-state index contributed by atoms with van der Waals surface area (Å²) in [4.78, 5) is 19.0. The average Bonchev–Trinajstić information content (AvgIpc) is 2.74. The number of hydrogen-bond donors (Lipinski definition) is 0. The monoisotopic (exact) mass is 479 g/mol. The number of aromatic nitrogens is 2. The zero-order valence-electron chi connectivity index (χ0n) is 15.1. The molecule has 0 saturated carbocycles. The predicted octanol–water partition coefficient (Wildman–Crippen LogP) is 1.88. The van der Waals surface area contributed by atoms with Gasteiger partial charge in [0.15, 0.2) is 11.6 Å². The van der Waals surface area contributed by atoms with Crippen LogP contribution in [0.1, 0.15) is 10.4 Å². The van der Waals surface area contributed by atoms with Crippen molar-refractivity contribution in [3.8, 4) is 0 Å². The normalized spacial score (nSPS) is 17.9. The molecule has 1 amide bonds. The molecule has 0 radical (unpaired) electrons. The summed E-state index contributed by atoms with van der Waals surface area (Å²) in [5.74, 6) is 1.87. The molecule has 3 heterocycles. The quantitative estimate of drug-likeness (QED) is 0.627. The number of morpholine rings is 1. The Kier molecular flexibility index (Phi) is 5.72. The van der Waals surface area contributed by atoms with Crippen LogP contribution in [0.4, 0.5) is 11.6 Å². The average molecular weight is 479 g/mol. The van der Waals surface area contributed by atoms with Gasteiger partial charge in [-0.15, -0.1) is 10.2 Å². The van der Waals surface area contributed by atoms with E-state index in [-0.39, 0.29) is 5.91 Å². The molecule has 4 rings (SSSR count). The number of nitrogens with zero attached hydrogens (tertiary/aromatic N) is 5. The number of anilines is 2. The van der Waals surface area contributed by atoms with Crippen LogP contribution in [0.15, 0.2) is 36.4 Å². The second-order valence-electron chi connectivity index (χ2n) is 6.61. The minimum absolute atomic E-state index is 0.105. The van der Waals surface area contributed by atoms with Gasteiger partial charge in [0, 0.05) is 42.8 Å². The van der Waals surface area contributed by atoms with Crippen molar-refractivity contribution in [1.29, 1.82) is 0 Å². The third kappa shape index (κ3) is 4.16. The van der Waals surface area contributed by atoms with E-state index in [0.29, 0.717) is 13.1 Å². The van der Waals surface area contributed by atoms with Crippen LogP contribution >= 0.6 is 22.6 Å². The van der Waals surface area contributed by atoms with Crippen molar-refractivity contribution in [2.45, 2.75) is 0 Å². The lowest BCUT2D eigenvalue weighted by Gasteiger charge is -2.35. The van der Waals surface area contributed by atoms with Gasteiger partial charge in [0.1, 0.15) is 0 Å². The second-order valence-corrected chi connectivity index (χ2v) is 7.77. The first-order valence-corrected chi connectivity index (χ1v) is 10.3. The highest BCUT2D eigenvalue weighted by Crippen LogP contribution is 2.19.